The molecule has 2 unspecified atom stereocenters. The Morgan fingerprint density at radius 2 is 2.06 bits per heavy atom. The lowest BCUT2D eigenvalue weighted by atomic mass is 10.0. The predicted molar refractivity (Wildman–Crippen MR) is 129 cm³/mol. The van der Waals surface area contributed by atoms with E-state index < -0.39 is 18.0 Å². The molecule has 11 heteroatoms. The Morgan fingerprint density at radius 3 is 2.74 bits per heavy atom. The third-order valence-electron chi connectivity index (χ3n) is 5.54. The average molecular weight is 482 g/mol. The zero-order valence-electron chi connectivity index (χ0n) is 19.9. The maximum absolute atomic E-state index is 15.0. The van der Waals surface area contributed by atoms with Gasteiger partial charge in [0.05, 0.1) is 30.7 Å². The molecule has 35 heavy (non-hydrogen) atoms. The maximum atomic E-state index is 15.0. The highest BCUT2D eigenvalue weighted by Gasteiger charge is 2.33. The molecule has 1 aromatic carbocycles. The molecule has 2 atom stereocenters. The summed E-state index contributed by atoms with van der Waals surface area (Å²) in [7, 11) is 1.86. The van der Waals surface area contributed by atoms with Crippen LogP contribution in [0.1, 0.15) is 26.0 Å². The van der Waals surface area contributed by atoms with Crippen LogP contribution in [0.3, 0.4) is 0 Å². The highest BCUT2D eigenvalue weighted by molar-refractivity contribution is 5.99. The number of rotatable bonds is 7. The predicted octanol–water partition coefficient (Wildman–Crippen LogP) is 3.24. The molecular weight excluding hydrogens is 453 g/mol. The van der Waals surface area contributed by atoms with Gasteiger partial charge in [0.1, 0.15) is 23.7 Å². The van der Waals surface area contributed by atoms with Crippen LogP contribution in [0.25, 0.3) is 11.1 Å². The van der Waals surface area contributed by atoms with Crippen LogP contribution in [0.5, 0.6) is 0 Å². The second-order valence-electron chi connectivity index (χ2n) is 7.86. The first-order valence-electron chi connectivity index (χ1n) is 11.6. The van der Waals surface area contributed by atoms with Gasteiger partial charge in [0.25, 0.3) is 0 Å². The van der Waals surface area contributed by atoms with Crippen LogP contribution >= 0.6 is 0 Å². The quantitative estimate of drug-likeness (QED) is 0.552. The number of hydrogen-bond acceptors (Lipinski definition) is 8. The summed E-state index contributed by atoms with van der Waals surface area (Å²) in [6, 6.07) is 8.27. The lowest BCUT2D eigenvalue weighted by Gasteiger charge is -2.14. The van der Waals surface area contributed by atoms with Gasteiger partial charge in [0.2, 0.25) is 0 Å². The number of oxime groups is 1. The number of ether oxygens (including phenoxy) is 1. The van der Waals surface area contributed by atoms with E-state index >= 15 is 0 Å². The minimum absolute atomic E-state index is 0.00968. The Balaban J connectivity index is 0.00000141. The van der Waals surface area contributed by atoms with Gasteiger partial charge in [-0.3, -0.25) is 9.88 Å². The van der Waals surface area contributed by atoms with Crippen molar-refractivity contribution in [1.29, 1.82) is 0 Å². The number of benzene rings is 1. The number of carbonyl (C=O) groups excluding carboxylic acids is 1. The summed E-state index contributed by atoms with van der Waals surface area (Å²) in [5, 5.41) is 14.8. The molecule has 5 rings (SSSR count). The van der Waals surface area contributed by atoms with Gasteiger partial charge >= 0.3 is 6.09 Å². The standard InChI is InChI=1S/C22H22FN7O3.C2H6/c1-24-11-16-9-21(27-33-16)20-5-2-14(10-25-20)18-4-3-15(8-19(18)23)30-13-17(32-22(30)31)12-29-7-6-26-28-29;1-2/h2-8,10,16-17,24H,9,11-13H2,1H3;1-2H3. The molecule has 2 aromatic heterocycles. The molecule has 1 N–H and O–H groups in total. The van der Waals surface area contributed by atoms with Gasteiger partial charge in [0.15, 0.2) is 0 Å². The van der Waals surface area contributed by atoms with Crippen molar-refractivity contribution in [2.75, 3.05) is 25.0 Å². The van der Waals surface area contributed by atoms with Crippen molar-refractivity contribution in [3.63, 3.8) is 0 Å². The number of nitrogens with one attached hydrogen (secondary N) is 1. The number of cyclic esters (lactones) is 1. The van der Waals surface area contributed by atoms with Crippen LogP contribution in [-0.4, -0.2) is 64.1 Å². The normalized spacial score (nSPS) is 19.0. The van der Waals surface area contributed by atoms with Gasteiger partial charge in [0, 0.05) is 36.5 Å². The van der Waals surface area contributed by atoms with E-state index in [1.54, 1.807) is 47.5 Å². The minimum atomic E-state index is -0.519. The van der Waals surface area contributed by atoms with Crippen molar-refractivity contribution in [2.24, 2.45) is 5.16 Å². The number of likely N-dealkylation sites (N-methyl/N-ethyl adjacent to an activating group) is 1. The SMILES string of the molecule is CC.CNCC1CC(c2ccc(-c3ccc(N4CC(Cn5ccnn5)OC4=O)cc3F)cn2)=NO1. The van der Waals surface area contributed by atoms with Crippen LogP contribution in [-0.2, 0) is 16.1 Å². The second kappa shape index (κ2) is 11.0. The summed E-state index contributed by atoms with van der Waals surface area (Å²) < 4.78 is 21.9. The van der Waals surface area contributed by atoms with Crippen molar-refractivity contribution in [1.82, 2.24) is 25.3 Å². The second-order valence-corrected chi connectivity index (χ2v) is 7.86. The first kappa shape index (κ1) is 24.3. The number of carbonyl (C=O) groups is 1. The van der Waals surface area contributed by atoms with Gasteiger partial charge in [-0.1, -0.05) is 30.3 Å². The molecule has 2 aliphatic rings. The summed E-state index contributed by atoms with van der Waals surface area (Å²) in [5.41, 5.74) is 2.92. The van der Waals surface area contributed by atoms with Crippen molar-refractivity contribution in [2.45, 2.75) is 39.0 Å². The Morgan fingerprint density at radius 1 is 1.20 bits per heavy atom. The highest BCUT2D eigenvalue weighted by atomic mass is 19.1. The summed E-state index contributed by atoms with van der Waals surface area (Å²) in [6.45, 7) is 5.38. The van der Waals surface area contributed by atoms with E-state index in [4.69, 9.17) is 9.57 Å². The molecular formula is C24H28FN7O3. The van der Waals surface area contributed by atoms with E-state index in [0.717, 1.165) is 5.71 Å². The zero-order valence-corrected chi connectivity index (χ0v) is 19.9. The van der Waals surface area contributed by atoms with Gasteiger partial charge < -0.3 is 14.9 Å². The number of amides is 1. The molecule has 2 aliphatic heterocycles. The molecule has 4 heterocycles. The van der Waals surface area contributed by atoms with E-state index in [2.05, 4.69) is 25.8 Å². The first-order chi connectivity index (χ1) is 17.1. The number of anilines is 1. The molecule has 1 amide bonds. The molecule has 184 valence electrons. The summed E-state index contributed by atoms with van der Waals surface area (Å²) in [6.07, 6.45) is 4.60. The Bertz CT molecular complexity index is 1170. The maximum Gasteiger partial charge on any atom is 0.414 e. The van der Waals surface area contributed by atoms with Crippen LogP contribution in [0.4, 0.5) is 14.9 Å². The third-order valence-corrected chi connectivity index (χ3v) is 5.54. The number of nitrogens with zero attached hydrogens (tertiary/aromatic N) is 6. The molecule has 0 radical (unpaired) electrons. The fraction of sp³-hybridized carbons (Fsp3) is 0.375. The van der Waals surface area contributed by atoms with Crippen molar-refractivity contribution in [3.8, 4) is 11.1 Å². The monoisotopic (exact) mass is 481 g/mol. The van der Waals surface area contributed by atoms with Crippen LogP contribution in [0, 0.1) is 5.82 Å². The number of halogens is 1. The first-order valence-corrected chi connectivity index (χ1v) is 11.6. The van der Waals surface area contributed by atoms with Crippen LogP contribution < -0.4 is 10.2 Å². The zero-order chi connectivity index (χ0) is 24.8. The van der Waals surface area contributed by atoms with E-state index in [1.165, 1.54) is 11.0 Å². The Labute approximate surface area is 202 Å². The highest BCUT2D eigenvalue weighted by Crippen LogP contribution is 2.29. The largest absolute Gasteiger partial charge is 0.442 e. The summed E-state index contributed by atoms with van der Waals surface area (Å²) >= 11 is 0. The smallest absolute Gasteiger partial charge is 0.414 e. The van der Waals surface area contributed by atoms with Crippen molar-refractivity contribution < 1.29 is 18.8 Å². The van der Waals surface area contributed by atoms with Crippen LogP contribution in [0.2, 0.25) is 0 Å². The topological polar surface area (TPSA) is 107 Å². The van der Waals surface area contributed by atoms with Crippen molar-refractivity contribution >= 4 is 17.5 Å². The molecule has 0 saturated carbocycles. The van der Waals surface area contributed by atoms with E-state index in [1.807, 2.05) is 20.9 Å². The molecule has 3 aromatic rings. The Kier molecular flexibility index (Phi) is 7.66. The fourth-order valence-corrected chi connectivity index (χ4v) is 3.91. The molecule has 0 bridgehead atoms. The van der Waals surface area contributed by atoms with Crippen molar-refractivity contribution in [3.05, 3.63) is 60.4 Å². The lowest BCUT2D eigenvalue weighted by molar-refractivity contribution is 0.0866. The minimum Gasteiger partial charge on any atom is -0.442 e. The molecule has 0 spiro atoms. The van der Waals surface area contributed by atoms with Crippen LogP contribution in [0.15, 0.2) is 54.1 Å². The number of aromatic nitrogens is 4. The van der Waals surface area contributed by atoms with Gasteiger partial charge in [-0.05, 0) is 31.3 Å². The summed E-state index contributed by atoms with van der Waals surface area (Å²) in [5.74, 6) is -0.454. The van der Waals surface area contributed by atoms with Gasteiger partial charge in [-0.25, -0.2) is 13.9 Å². The van der Waals surface area contributed by atoms with E-state index in [9.17, 15) is 9.18 Å². The number of pyridine rings is 1. The number of hydrogen-bond donors (Lipinski definition) is 1. The Hall–Kier alpha value is -3.86. The average Bonchev–Trinajstić information content (AvgIpc) is 3.63. The van der Waals surface area contributed by atoms with Gasteiger partial charge in [-0.15, -0.1) is 5.10 Å². The molecule has 0 aliphatic carbocycles. The molecule has 1 fully saturated rings. The van der Waals surface area contributed by atoms with E-state index in [-0.39, 0.29) is 6.10 Å². The lowest BCUT2D eigenvalue weighted by Crippen LogP contribution is -2.26. The molecule has 10 nitrogen and oxygen atoms in total. The fourth-order valence-electron chi connectivity index (χ4n) is 3.91. The van der Waals surface area contributed by atoms with Gasteiger partial charge in [-0.2, -0.15) is 0 Å². The third kappa shape index (κ3) is 5.46. The van der Waals surface area contributed by atoms with E-state index in [0.29, 0.717) is 48.6 Å². The summed E-state index contributed by atoms with van der Waals surface area (Å²) in [4.78, 5) is 23.5. The molecule has 1 saturated heterocycles.